The van der Waals surface area contributed by atoms with Crippen molar-refractivity contribution in [2.45, 2.75) is 45.1 Å². The van der Waals surface area contributed by atoms with Crippen LogP contribution in [0.3, 0.4) is 0 Å². The van der Waals surface area contributed by atoms with Crippen LogP contribution in [-0.2, 0) is 12.8 Å². The minimum atomic E-state index is 0.324. The number of thiophene rings is 1. The summed E-state index contributed by atoms with van der Waals surface area (Å²) in [6, 6.07) is 2.70. The molecule has 1 heterocycles. The molecule has 1 aromatic heterocycles. The van der Waals surface area contributed by atoms with E-state index >= 15 is 0 Å². The Morgan fingerprint density at radius 1 is 1.69 bits per heavy atom. The van der Waals surface area contributed by atoms with Crippen LogP contribution < -0.4 is 5.73 Å². The molecule has 1 aromatic rings. The molecular formula is C11H17NS. The molecule has 2 heteroatoms. The standard InChI is InChI=1S/C11H17NS/c1-3-9-6-8-4-5-10(7(2)12)11(8)13-9/h6-7,10H,3-5,12H2,1-2H3. The van der Waals surface area contributed by atoms with Crippen molar-refractivity contribution >= 4 is 11.3 Å². The van der Waals surface area contributed by atoms with Gasteiger partial charge in [0.1, 0.15) is 0 Å². The van der Waals surface area contributed by atoms with Crippen molar-refractivity contribution in [1.29, 1.82) is 0 Å². The molecule has 0 aliphatic heterocycles. The van der Waals surface area contributed by atoms with E-state index in [-0.39, 0.29) is 0 Å². The van der Waals surface area contributed by atoms with Gasteiger partial charge in [0.25, 0.3) is 0 Å². The summed E-state index contributed by atoms with van der Waals surface area (Å²) in [6.07, 6.45) is 3.68. The van der Waals surface area contributed by atoms with Gasteiger partial charge in [0.2, 0.25) is 0 Å². The molecule has 0 fully saturated rings. The van der Waals surface area contributed by atoms with Gasteiger partial charge in [-0.05, 0) is 37.8 Å². The van der Waals surface area contributed by atoms with Crippen molar-refractivity contribution in [2.75, 3.05) is 0 Å². The minimum absolute atomic E-state index is 0.324. The molecule has 0 saturated heterocycles. The second kappa shape index (κ2) is 3.43. The van der Waals surface area contributed by atoms with Crippen LogP contribution in [0.2, 0.25) is 0 Å². The molecule has 2 atom stereocenters. The van der Waals surface area contributed by atoms with Crippen LogP contribution in [0.5, 0.6) is 0 Å². The van der Waals surface area contributed by atoms with Crippen molar-refractivity contribution in [3.63, 3.8) is 0 Å². The van der Waals surface area contributed by atoms with Gasteiger partial charge in [0, 0.05) is 21.7 Å². The highest BCUT2D eigenvalue weighted by Gasteiger charge is 2.27. The lowest BCUT2D eigenvalue weighted by atomic mass is 10.0. The maximum atomic E-state index is 5.97. The third kappa shape index (κ3) is 1.53. The van der Waals surface area contributed by atoms with Crippen molar-refractivity contribution in [3.05, 3.63) is 21.4 Å². The van der Waals surface area contributed by atoms with E-state index in [0.717, 1.165) is 0 Å². The first-order valence-electron chi connectivity index (χ1n) is 5.09. The van der Waals surface area contributed by atoms with Crippen molar-refractivity contribution in [3.8, 4) is 0 Å². The lowest BCUT2D eigenvalue weighted by Gasteiger charge is -2.13. The quantitative estimate of drug-likeness (QED) is 0.771. The Hall–Kier alpha value is -0.340. The first-order chi connectivity index (χ1) is 6.22. The van der Waals surface area contributed by atoms with E-state index in [1.54, 1.807) is 10.4 Å². The molecule has 1 aliphatic carbocycles. The highest BCUT2D eigenvalue weighted by molar-refractivity contribution is 7.12. The van der Waals surface area contributed by atoms with Gasteiger partial charge in [-0.15, -0.1) is 11.3 Å². The molecule has 0 bridgehead atoms. The lowest BCUT2D eigenvalue weighted by molar-refractivity contribution is 0.570. The lowest BCUT2D eigenvalue weighted by Crippen LogP contribution is -2.22. The van der Waals surface area contributed by atoms with Gasteiger partial charge < -0.3 is 5.73 Å². The second-order valence-corrected chi connectivity index (χ2v) is 5.13. The van der Waals surface area contributed by atoms with E-state index in [0.29, 0.717) is 12.0 Å². The molecule has 0 saturated carbocycles. The third-order valence-electron chi connectivity index (χ3n) is 2.94. The normalized spacial score (nSPS) is 23.2. The number of hydrogen-bond acceptors (Lipinski definition) is 2. The average Bonchev–Trinajstić information content (AvgIpc) is 2.59. The van der Waals surface area contributed by atoms with Crippen molar-refractivity contribution in [2.24, 2.45) is 5.73 Å². The predicted octanol–water partition coefficient (Wildman–Crippen LogP) is 2.69. The van der Waals surface area contributed by atoms with E-state index in [1.165, 1.54) is 24.1 Å². The Labute approximate surface area is 84.0 Å². The fourth-order valence-corrected chi connectivity index (χ4v) is 3.53. The SMILES string of the molecule is CCc1cc2c(s1)C(C(C)N)CC2. The fraction of sp³-hybridized carbons (Fsp3) is 0.636. The summed E-state index contributed by atoms with van der Waals surface area (Å²) in [7, 11) is 0. The number of aryl methyl sites for hydroxylation is 2. The Bertz CT molecular complexity index is 301. The van der Waals surface area contributed by atoms with Crippen LogP contribution in [-0.4, -0.2) is 6.04 Å². The maximum absolute atomic E-state index is 5.97. The molecule has 0 spiro atoms. The van der Waals surface area contributed by atoms with Crippen LogP contribution in [0.15, 0.2) is 6.07 Å². The third-order valence-corrected chi connectivity index (χ3v) is 4.39. The Morgan fingerprint density at radius 3 is 3.08 bits per heavy atom. The molecule has 1 aliphatic rings. The smallest absolute Gasteiger partial charge is 0.0127 e. The summed E-state index contributed by atoms with van der Waals surface area (Å²) in [5, 5.41) is 0. The Kier molecular flexibility index (Phi) is 2.43. The van der Waals surface area contributed by atoms with E-state index in [4.69, 9.17) is 5.73 Å². The molecule has 72 valence electrons. The number of hydrogen-bond donors (Lipinski definition) is 1. The Balaban J connectivity index is 2.30. The molecular weight excluding hydrogens is 178 g/mol. The zero-order chi connectivity index (χ0) is 9.42. The minimum Gasteiger partial charge on any atom is -0.327 e. The number of rotatable bonds is 2. The van der Waals surface area contributed by atoms with E-state index in [1.807, 2.05) is 11.3 Å². The second-order valence-electron chi connectivity index (χ2n) is 3.96. The van der Waals surface area contributed by atoms with Crippen LogP contribution in [0.1, 0.15) is 41.5 Å². The zero-order valence-electron chi connectivity index (χ0n) is 8.34. The molecule has 0 amide bonds. The highest BCUT2D eigenvalue weighted by Crippen LogP contribution is 2.40. The molecule has 2 unspecified atom stereocenters. The van der Waals surface area contributed by atoms with Gasteiger partial charge in [-0.3, -0.25) is 0 Å². The fourth-order valence-electron chi connectivity index (χ4n) is 2.13. The zero-order valence-corrected chi connectivity index (χ0v) is 9.16. The van der Waals surface area contributed by atoms with Gasteiger partial charge in [0.05, 0.1) is 0 Å². The Morgan fingerprint density at radius 2 is 2.46 bits per heavy atom. The van der Waals surface area contributed by atoms with Crippen LogP contribution in [0, 0.1) is 0 Å². The average molecular weight is 195 g/mol. The van der Waals surface area contributed by atoms with Crippen molar-refractivity contribution < 1.29 is 0 Å². The summed E-state index contributed by atoms with van der Waals surface area (Å²) in [6.45, 7) is 4.35. The molecule has 2 N–H and O–H groups in total. The summed E-state index contributed by atoms with van der Waals surface area (Å²) in [5.74, 6) is 0.639. The van der Waals surface area contributed by atoms with Gasteiger partial charge in [0.15, 0.2) is 0 Å². The van der Waals surface area contributed by atoms with Crippen LogP contribution in [0.4, 0.5) is 0 Å². The van der Waals surface area contributed by atoms with Crippen molar-refractivity contribution in [1.82, 2.24) is 0 Å². The molecule has 0 aromatic carbocycles. The van der Waals surface area contributed by atoms with Gasteiger partial charge in [-0.2, -0.15) is 0 Å². The van der Waals surface area contributed by atoms with Crippen LogP contribution >= 0.6 is 11.3 Å². The van der Waals surface area contributed by atoms with Gasteiger partial charge in [-0.1, -0.05) is 6.92 Å². The number of nitrogens with two attached hydrogens (primary N) is 1. The number of fused-ring (bicyclic) bond motifs is 1. The van der Waals surface area contributed by atoms with E-state index in [2.05, 4.69) is 19.9 Å². The highest BCUT2D eigenvalue weighted by atomic mass is 32.1. The van der Waals surface area contributed by atoms with Crippen LogP contribution in [0.25, 0.3) is 0 Å². The molecule has 1 nitrogen and oxygen atoms in total. The first-order valence-corrected chi connectivity index (χ1v) is 5.91. The first kappa shape index (κ1) is 9.22. The predicted molar refractivity (Wildman–Crippen MR) is 58.4 cm³/mol. The summed E-state index contributed by atoms with van der Waals surface area (Å²) in [4.78, 5) is 3.10. The maximum Gasteiger partial charge on any atom is 0.0127 e. The molecule has 0 radical (unpaired) electrons. The summed E-state index contributed by atoms with van der Waals surface area (Å²) < 4.78 is 0. The van der Waals surface area contributed by atoms with E-state index < -0.39 is 0 Å². The largest absolute Gasteiger partial charge is 0.327 e. The topological polar surface area (TPSA) is 26.0 Å². The van der Waals surface area contributed by atoms with E-state index in [9.17, 15) is 0 Å². The molecule has 13 heavy (non-hydrogen) atoms. The van der Waals surface area contributed by atoms with Gasteiger partial charge in [-0.25, -0.2) is 0 Å². The summed E-state index contributed by atoms with van der Waals surface area (Å²) >= 11 is 1.98. The van der Waals surface area contributed by atoms with Gasteiger partial charge >= 0.3 is 0 Å². The monoisotopic (exact) mass is 195 g/mol. The molecule has 2 rings (SSSR count). The summed E-state index contributed by atoms with van der Waals surface area (Å²) in [5.41, 5.74) is 7.54.